The van der Waals surface area contributed by atoms with Crippen molar-refractivity contribution < 1.29 is 17.9 Å². The van der Waals surface area contributed by atoms with Gasteiger partial charge >= 0.3 is 5.97 Å². The number of piperazine rings is 1. The molecule has 2 fully saturated rings. The van der Waals surface area contributed by atoms with E-state index in [1.54, 1.807) is 6.92 Å². The fourth-order valence-electron chi connectivity index (χ4n) is 3.64. The summed E-state index contributed by atoms with van der Waals surface area (Å²) in [6, 6.07) is 1.85. The number of sulfonamides is 1. The summed E-state index contributed by atoms with van der Waals surface area (Å²) >= 11 is 0. The van der Waals surface area contributed by atoms with Gasteiger partial charge in [-0.05, 0) is 19.8 Å². The Balaban J connectivity index is 1.62. The van der Waals surface area contributed by atoms with Gasteiger partial charge < -0.3 is 4.74 Å². The third kappa shape index (κ3) is 4.04. The maximum absolute atomic E-state index is 12.7. The average molecular weight is 370 g/mol. The molecule has 1 saturated carbocycles. The molecular weight excluding hydrogens is 344 g/mol. The minimum Gasteiger partial charge on any atom is -0.461 e. The Morgan fingerprint density at radius 1 is 1.24 bits per heavy atom. The van der Waals surface area contributed by atoms with Crippen molar-refractivity contribution in [3.05, 3.63) is 11.8 Å². The molecule has 0 aromatic carbocycles. The van der Waals surface area contributed by atoms with Crippen molar-refractivity contribution in [1.82, 2.24) is 19.4 Å². The second-order valence-electron chi connectivity index (χ2n) is 6.57. The van der Waals surface area contributed by atoms with Crippen LogP contribution >= 0.6 is 0 Å². The van der Waals surface area contributed by atoms with Crippen molar-refractivity contribution in [3.63, 3.8) is 0 Å². The number of aromatic nitrogens is 2. The lowest BCUT2D eigenvalue weighted by Gasteiger charge is -2.40. The van der Waals surface area contributed by atoms with Crippen LogP contribution in [0.2, 0.25) is 0 Å². The monoisotopic (exact) mass is 370 g/mol. The van der Waals surface area contributed by atoms with Gasteiger partial charge in [-0.15, -0.1) is 0 Å². The van der Waals surface area contributed by atoms with Gasteiger partial charge in [0, 0.05) is 38.3 Å². The van der Waals surface area contributed by atoms with Gasteiger partial charge in [-0.1, -0.05) is 19.3 Å². The number of carbonyl (C=O) groups excluding carboxylic acids is 1. The van der Waals surface area contributed by atoms with Gasteiger partial charge in [0.05, 0.1) is 6.61 Å². The molecule has 0 bridgehead atoms. The van der Waals surface area contributed by atoms with Crippen molar-refractivity contribution in [2.75, 3.05) is 32.8 Å². The molecule has 1 N–H and O–H groups in total. The van der Waals surface area contributed by atoms with Gasteiger partial charge in [0.2, 0.25) is 0 Å². The van der Waals surface area contributed by atoms with Crippen molar-refractivity contribution in [1.29, 1.82) is 0 Å². The lowest BCUT2D eigenvalue weighted by molar-refractivity contribution is 0.0519. The van der Waals surface area contributed by atoms with E-state index in [0.29, 0.717) is 19.1 Å². The standard InChI is InChI=1S/C16H26N4O4S/c1-2-24-16(21)14-12-15(18-17-14)25(22,23)20-10-8-19(9-11-20)13-6-4-3-5-7-13/h12-13H,2-11H2,1H3,(H,17,18). The minimum atomic E-state index is -3.66. The quantitative estimate of drug-likeness (QED) is 0.783. The predicted molar refractivity (Wildman–Crippen MR) is 91.7 cm³/mol. The zero-order chi connectivity index (χ0) is 17.9. The molecule has 1 aliphatic heterocycles. The molecular formula is C16H26N4O4S. The molecule has 1 saturated heterocycles. The van der Waals surface area contributed by atoms with Gasteiger partial charge in [0.25, 0.3) is 10.0 Å². The maximum Gasteiger partial charge on any atom is 0.358 e. The van der Waals surface area contributed by atoms with Crippen molar-refractivity contribution in [2.24, 2.45) is 0 Å². The largest absolute Gasteiger partial charge is 0.461 e. The van der Waals surface area contributed by atoms with E-state index in [9.17, 15) is 13.2 Å². The number of rotatable bonds is 5. The molecule has 2 heterocycles. The number of carbonyl (C=O) groups is 1. The number of hydrogen-bond donors (Lipinski definition) is 1. The van der Waals surface area contributed by atoms with E-state index in [-0.39, 0.29) is 17.3 Å². The molecule has 3 rings (SSSR count). The smallest absolute Gasteiger partial charge is 0.358 e. The van der Waals surface area contributed by atoms with Crippen LogP contribution < -0.4 is 0 Å². The molecule has 25 heavy (non-hydrogen) atoms. The van der Waals surface area contributed by atoms with Crippen LogP contribution in [0.1, 0.15) is 49.5 Å². The Morgan fingerprint density at radius 3 is 2.56 bits per heavy atom. The number of aromatic amines is 1. The summed E-state index contributed by atoms with van der Waals surface area (Å²) in [5, 5.41) is 6.18. The maximum atomic E-state index is 12.7. The SMILES string of the molecule is CCOC(=O)c1cc(S(=O)(=O)N2CCN(C3CCCCC3)CC2)[nH]n1. The first-order valence-corrected chi connectivity index (χ1v) is 10.4. The van der Waals surface area contributed by atoms with Crippen LogP contribution in [0.5, 0.6) is 0 Å². The molecule has 1 aromatic rings. The molecule has 8 nitrogen and oxygen atoms in total. The Bertz CT molecular complexity index is 689. The van der Waals surface area contributed by atoms with Crippen LogP contribution in [-0.2, 0) is 14.8 Å². The molecule has 0 amide bonds. The summed E-state index contributed by atoms with van der Waals surface area (Å²) in [7, 11) is -3.66. The van der Waals surface area contributed by atoms with E-state index in [1.807, 2.05) is 0 Å². The summed E-state index contributed by atoms with van der Waals surface area (Å²) in [6.07, 6.45) is 6.29. The van der Waals surface area contributed by atoms with E-state index in [1.165, 1.54) is 42.5 Å². The highest BCUT2D eigenvalue weighted by Gasteiger charge is 2.33. The zero-order valence-corrected chi connectivity index (χ0v) is 15.4. The van der Waals surface area contributed by atoms with E-state index >= 15 is 0 Å². The van der Waals surface area contributed by atoms with Crippen LogP contribution in [0.4, 0.5) is 0 Å². The molecule has 0 unspecified atom stereocenters. The van der Waals surface area contributed by atoms with E-state index in [2.05, 4.69) is 15.1 Å². The second kappa shape index (κ2) is 7.84. The fourth-order valence-corrected chi connectivity index (χ4v) is 4.98. The fraction of sp³-hybridized carbons (Fsp3) is 0.750. The predicted octanol–water partition coefficient (Wildman–Crippen LogP) is 1.23. The van der Waals surface area contributed by atoms with Gasteiger partial charge in [-0.3, -0.25) is 10.00 Å². The molecule has 1 aliphatic carbocycles. The van der Waals surface area contributed by atoms with Gasteiger partial charge in [-0.25, -0.2) is 13.2 Å². The van der Waals surface area contributed by atoms with Crippen LogP contribution in [0, 0.1) is 0 Å². The van der Waals surface area contributed by atoms with Crippen LogP contribution in [0.15, 0.2) is 11.1 Å². The zero-order valence-electron chi connectivity index (χ0n) is 14.6. The average Bonchev–Trinajstić information content (AvgIpc) is 3.14. The van der Waals surface area contributed by atoms with Crippen LogP contribution in [0.25, 0.3) is 0 Å². The Labute approximate surface area is 148 Å². The first kappa shape index (κ1) is 18.3. The van der Waals surface area contributed by atoms with Crippen molar-refractivity contribution >= 4 is 16.0 Å². The molecule has 1 aromatic heterocycles. The third-order valence-corrected chi connectivity index (χ3v) is 6.83. The minimum absolute atomic E-state index is 0.0127. The van der Waals surface area contributed by atoms with E-state index < -0.39 is 16.0 Å². The third-order valence-electron chi connectivity index (χ3n) is 5.02. The first-order valence-electron chi connectivity index (χ1n) is 8.99. The highest BCUT2D eigenvalue weighted by molar-refractivity contribution is 7.89. The van der Waals surface area contributed by atoms with Gasteiger partial charge in [0.15, 0.2) is 10.7 Å². The number of nitrogens with zero attached hydrogens (tertiary/aromatic N) is 3. The molecule has 0 spiro atoms. The summed E-state index contributed by atoms with van der Waals surface area (Å²) in [5.74, 6) is -0.623. The summed E-state index contributed by atoms with van der Waals surface area (Å²) in [6.45, 7) is 4.34. The molecule has 9 heteroatoms. The van der Waals surface area contributed by atoms with Crippen molar-refractivity contribution in [2.45, 2.75) is 50.1 Å². The lowest BCUT2D eigenvalue weighted by Crippen LogP contribution is -2.52. The number of H-pyrrole nitrogens is 1. The van der Waals surface area contributed by atoms with E-state index in [4.69, 9.17) is 4.74 Å². The van der Waals surface area contributed by atoms with Crippen molar-refractivity contribution in [3.8, 4) is 0 Å². The Hall–Kier alpha value is -1.45. The number of nitrogens with one attached hydrogen (secondary N) is 1. The number of hydrogen-bond acceptors (Lipinski definition) is 6. The first-order chi connectivity index (χ1) is 12.0. The van der Waals surface area contributed by atoms with E-state index in [0.717, 1.165) is 13.1 Å². The summed E-state index contributed by atoms with van der Waals surface area (Å²) in [4.78, 5) is 14.1. The normalized spacial score (nSPS) is 21.3. The molecule has 0 atom stereocenters. The Morgan fingerprint density at radius 2 is 1.92 bits per heavy atom. The van der Waals surface area contributed by atoms with Crippen LogP contribution in [0.3, 0.4) is 0 Å². The second-order valence-corrected chi connectivity index (χ2v) is 8.48. The summed E-state index contributed by atoms with van der Waals surface area (Å²) in [5.41, 5.74) is -0.0127. The molecule has 0 radical (unpaired) electrons. The highest BCUT2D eigenvalue weighted by Crippen LogP contribution is 2.25. The number of esters is 1. The topological polar surface area (TPSA) is 95.6 Å². The Kier molecular flexibility index (Phi) is 5.75. The molecule has 140 valence electrons. The summed E-state index contributed by atoms with van der Waals surface area (Å²) < 4.78 is 31.8. The number of ether oxygens (including phenoxy) is 1. The lowest BCUT2D eigenvalue weighted by atomic mass is 9.94. The molecule has 2 aliphatic rings. The van der Waals surface area contributed by atoms with Gasteiger partial charge in [0.1, 0.15) is 0 Å². The van der Waals surface area contributed by atoms with Crippen LogP contribution in [-0.4, -0.2) is 72.6 Å². The van der Waals surface area contributed by atoms with Gasteiger partial charge in [-0.2, -0.15) is 9.40 Å². The highest BCUT2D eigenvalue weighted by atomic mass is 32.2.